The summed E-state index contributed by atoms with van der Waals surface area (Å²) in [5, 5.41) is 2.82. The summed E-state index contributed by atoms with van der Waals surface area (Å²) in [4.78, 5) is 18.1. The predicted octanol–water partition coefficient (Wildman–Crippen LogP) is 0.730. The Morgan fingerprint density at radius 1 is 1.62 bits per heavy atom. The van der Waals surface area contributed by atoms with Crippen molar-refractivity contribution in [2.24, 2.45) is 0 Å². The van der Waals surface area contributed by atoms with E-state index in [4.69, 9.17) is 5.73 Å². The maximum Gasteiger partial charge on any atom is 0.325 e. The number of fused-ring (bicyclic) bond motifs is 1. The molecule has 0 fully saturated rings. The molecule has 0 aliphatic heterocycles. The number of H-pyrrole nitrogens is 1. The highest BCUT2D eigenvalue weighted by Gasteiger charge is 2.04. The lowest BCUT2D eigenvalue weighted by Crippen LogP contribution is -2.15. The van der Waals surface area contributed by atoms with Crippen molar-refractivity contribution >= 4 is 28.6 Å². The number of hydrogen-bond acceptors (Lipinski definition) is 5. The van der Waals surface area contributed by atoms with E-state index < -0.39 is 0 Å². The smallest absolute Gasteiger partial charge is 0.325 e. The summed E-state index contributed by atoms with van der Waals surface area (Å²) in [5.74, 6) is 0.172. The molecule has 16 heavy (non-hydrogen) atoms. The number of rotatable bonds is 3. The second-order valence-corrected chi connectivity index (χ2v) is 3.29. The number of nitrogen functional groups attached to an aromatic ring is 1. The summed E-state index contributed by atoms with van der Waals surface area (Å²) >= 11 is 0. The van der Waals surface area contributed by atoms with Crippen LogP contribution in [0, 0.1) is 0 Å². The highest BCUT2D eigenvalue weighted by atomic mass is 16.5. The van der Waals surface area contributed by atoms with Crippen LogP contribution < -0.4 is 11.1 Å². The van der Waals surface area contributed by atoms with Crippen LogP contribution in [0.3, 0.4) is 0 Å². The number of hydrogen-bond donors (Lipinski definition) is 3. The van der Waals surface area contributed by atoms with Crippen LogP contribution in [0.4, 0.5) is 11.6 Å². The fraction of sp³-hybridized carbons (Fsp3) is 0.200. The Bertz CT molecular complexity index is 521. The Labute approximate surface area is 91.8 Å². The van der Waals surface area contributed by atoms with E-state index in [1.54, 1.807) is 12.1 Å². The zero-order chi connectivity index (χ0) is 11.5. The fourth-order valence-electron chi connectivity index (χ4n) is 1.34. The molecule has 1 heterocycles. The number of benzene rings is 1. The maximum atomic E-state index is 10.9. The van der Waals surface area contributed by atoms with Crippen molar-refractivity contribution in [1.29, 1.82) is 0 Å². The molecule has 4 N–H and O–H groups in total. The van der Waals surface area contributed by atoms with Crippen molar-refractivity contribution in [3.63, 3.8) is 0 Å². The first-order valence-electron chi connectivity index (χ1n) is 4.75. The van der Waals surface area contributed by atoms with Crippen molar-refractivity contribution in [3.8, 4) is 0 Å². The molecule has 2 rings (SSSR count). The van der Waals surface area contributed by atoms with E-state index in [9.17, 15) is 4.79 Å². The van der Waals surface area contributed by atoms with Crippen LogP contribution in [-0.2, 0) is 9.53 Å². The molecule has 0 spiro atoms. The Balaban J connectivity index is 2.16. The summed E-state index contributed by atoms with van der Waals surface area (Å²) in [6.45, 7) is 0.0752. The maximum absolute atomic E-state index is 10.9. The van der Waals surface area contributed by atoms with Gasteiger partial charge < -0.3 is 20.8 Å². The monoisotopic (exact) mass is 220 g/mol. The highest BCUT2D eigenvalue weighted by Crippen LogP contribution is 2.16. The number of nitrogens with two attached hydrogens (primary N) is 1. The molecule has 0 unspecified atom stereocenters. The third kappa shape index (κ3) is 2.05. The molecule has 0 aliphatic carbocycles. The summed E-state index contributed by atoms with van der Waals surface area (Å²) in [6, 6.07) is 5.36. The molecule has 6 nitrogen and oxygen atoms in total. The summed E-state index contributed by atoms with van der Waals surface area (Å²) in [5.41, 5.74) is 7.92. The Morgan fingerprint density at radius 3 is 3.19 bits per heavy atom. The van der Waals surface area contributed by atoms with Gasteiger partial charge in [0.2, 0.25) is 5.95 Å². The van der Waals surface area contributed by atoms with Crippen molar-refractivity contribution in [3.05, 3.63) is 18.2 Å². The number of aromatic nitrogens is 2. The summed E-state index contributed by atoms with van der Waals surface area (Å²) < 4.78 is 4.50. The molecule has 0 radical (unpaired) electrons. The first kappa shape index (κ1) is 10.3. The molecule has 0 bridgehead atoms. The Kier molecular flexibility index (Phi) is 2.63. The number of ether oxygens (including phenoxy) is 1. The van der Waals surface area contributed by atoms with Gasteiger partial charge in [-0.2, -0.15) is 0 Å². The van der Waals surface area contributed by atoms with Crippen molar-refractivity contribution in [2.75, 3.05) is 24.7 Å². The predicted molar refractivity (Wildman–Crippen MR) is 61.0 cm³/mol. The van der Waals surface area contributed by atoms with Crippen molar-refractivity contribution in [2.45, 2.75) is 0 Å². The minimum absolute atomic E-state index is 0.0752. The van der Waals surface area contributed by atoms with Crippen LogP contribution in [0.1, 0.15) is 0 Å². The quantitative estimate of drug-likeness (QED) is 0.523. The van der Waals surface area contributed by atoms with Crippen molar-refractivity contribution < 1.29 is 9.53 Å². The third-order valence-corrected chi connectivity index (χ3v) is 2.13. The minimum Gasteiger partial charge on any atom is -0.468 e. The minimum atomic E-state index is -0.347. The standard InChI is InChI=1S/C10H12N4O2/c1-16-9(15)5-12-10-13-7-3-2-6(11)4-8(7)14-10/h2-4H,5,11H2,1H3,(H2,12,13,14). The van der Waals surface area contributed by atoms with Gasteiger partial charge in [0, 0.05) is 5.69 Å². The second kappa shape index (κ2) is 4.09. The molecular formula is C10H12N4O2. The van der Waals surface area contributed by atoms with E-state index in [0.717, 1.165) is 11.0 Å². The Morgan fingerprint density at radius 2 is 2.44 bits per heavy atom. The lowest BCUT2D eigenvalue weighted by molar-refractivity contribution is -0.138. The molecule has 0 saturated heterocycles. The first-order valence-corrected chi connectivity index (χ1v) is 4.75. The lowest BCUT2D eigenvalue weighted by Gasteiger charge is -1.99. The van der Waals surface area contributed by atoms with Crippen LogP contribution in [0.25, 0.3) is 11.0 Å². The molecule has 2 aromatic rings. The zero-order valence-electron chi connectivity index (χ0n) is 8.78. The average molecular weight is 220 g/mol. The van der Waals surface area contributed by atoms with E-state index in [1.807, 2.05) is 6.07 Å². The van der Waals surface area contributed by atoms with Crippen molar-refractivity contribution in [1.82, 2.24) is 9.97 Å². The van der Waals surface area contributed by atoms with Gasteiger partial charge >= 0.3 is 5.97 Å². The lowest BCUT2D eigenvalue weighted by atomic mass is 10.3. The van der Waals surface area contributed by atoms with Gasteiger partial charge in [0.1, 0.15) is 6.54 Å². The molecule has 0 aliphatic rings. The van der Waals surface area contributed by atoms with Gasteiger partial charge in [-0.25, -0.2) is 4.98 Å². The Hall–Kier alpha value is -2.24. The van der Waals surface area contributed by atoms with Crippen LogP contribution >= 0.6 is 0 Å². The number of aromatic amines is 1. The number of esters is 1. The summed E-state index contributed by atoms with van der Waals surface area (Å²) in [7, 11) is 1.34. The molecule has 6 heteroatoms. The van der Waals surface area contributed by atoms with Gasteiger partial charge in [0.15, 0.2) is 0 Å². The number of imidazole rings is 1. The molecule has 0 saturated carbocycles. The van der Waals surface area contributed by atoms with E-state index in [0.29, 0.717) is 11.6 Å². The number of anilines is 2. The molecule has 1 aromatic heterocycles. The van der Waals surface area contributed by atoms with E-state index >= 15 is 0 Å². The van der Waals surface area contributed by atoms with Crippen LogP contribution in [0.2, 0.25) is 0 Å². The number of carbonyl (C=O) groups excluding carboxylic acids is 1. The van der Waals surface area contributed by atoms with Crippen LogP contribution in [-0.4, -0.2) is 29.6 Å². The molecule has 0 atom stereocenters. The fourth-order valence-corrected chi connectivity index (χ4v) is 1.34. The van der Waals surface area contributed by atoms with Gasteiger partial charge in [0.25, 0.3) is 0 Å². The molecular weight excluding hydrogens is 208 g/mol. The first-order chi connectivity index (χ1) is 7.69. The van der Waals surface area contributed by atoms with Gasteiger partial charge in [0.05, 0.1) is 18.1 Å². The zero-order valence-corrected chi connectivity index (χ0v) is 8.78. The van der Waals surface area contributed by atoms with Crippen LogP contribution in [0.5, 0.6) is 0 Å². The SMILES string of the molecule is COC(=O)CNc1nc2ccc(N)cc2[nH]1. The van der Waals surface area contributed by atoms with Gasteiger partial charge in [-0.3, -0.25) is 4.79 Å². The van der Waals surface area contributed by atoms with E-state index in [-0.39, 0.29) is 12.5 Å². The molecule has 84 valence electrons. The number of methoxy groups -OCH3 is 1. The number of carbonyl (C=O) groups is 1. The largest absolute Gasteiger partial charge is 0.468 e. The molecule has 0 amide bonds. The number of nitrogens with one attached hydrogen (secondary N) is 2. The van der Waals surface area contributed by atoms with Gasteiger partial charge in [-0.1, -0.05) is 0 Å². The van der Waals surface area contributed by atoms with E-state index in [2.05, 4.69) is 20.0 Å². The average Bonchev–Trinajstić information content (AvgIpc) is 2.67. The number of nitrogens with zero attached hydrogens (tertiary/aromatic N) is 1. The van der Waals surface area contributed by atoms with E-state index in [1.165, 1.54) is 7.11 Å². The van der Waals surface area contributed by atoms with Gasteiger partial charge in [-0.05, 0) is 18.2 Å². The summed E-state index contributed by atoms with van der Waals surface area (Å²) in [6.07, 6.45) is 0. The third-order valence-electron chi connectivity index (χ3n) is 2.13. The highest BCUT2D eigenvalue weighted by molar-refractivity contribution is 5.81. The topological polar surface area (TPSA) is 93.0 Å². The van der Waals surface area contributed by atoms with Gasteiger partial charge in [-0.15, -0.1) is 0 Å². The normalized spacial score (nSPS) is 10.3. The van der Waals surface area contributed by atoms with Crippen LogP contribution in [0.15, 0.2) is 18.2 Å². The second-order valence-electron chi connectivity index (χ2n) is 3.29. The molecule has 1 aromatic carbocycles.